The molecule has 2 aromatic carbocycles. The summed E-state index contributed by atoms with van der Waals surface area (Å²) in [7, 11) is 0. The molecule has 0 spiro atoms. The Morgan fingerprint density at radius 1 is 1.20 bits per heavy atom. The van der Waals surface area contributed by atoms with E-state index in [4.69, 9.17) is 16.7 Å². The van der Waals surface area contributed by atoms with Gasteiger partial charge in [-0.05, 0) is 71.1 Å². The van der Waals surface area contributed by atoms with Crippen LogP contribution in [-0.4, -0.2) is 61.7 Å². The number of anilines is 2. The fourth-order valence-corrected chi connectivity index (χ4v) is 4.41. The molecule has 14 heteroatoms. The molecule has 208 valence electrons. The van der Waals surface area contributed by atoms with Gasteiger partial charge >= 0.3 is 6.09 Å². The lowest BCUT2D eigenvalue weighted by Gasteiger charge is -2.20. The van der Waals surface area contributed by atoms with Gasteiger partial charge < -0.3 is 21.1 Å². The van der Waals surface area contributed by atoms with Crippen LogP contribution < -0.4 is 21.3 Å². The van der Waals surface area contributed by atoms with Crippen LogP contribution >= 0.6 is 11.6 Å². The van der Waals surface area contributed by atoms with Crippen molar-refractivity contribution in [3.8, 4) is 5.69 Å². The van der Waals surface area contributed by atoms with Crippen LogP contribution in [-0.2, 0) is 16.0 Å². The standard InChI is InChI=1S/C26H27ClN8O5/c1-15-3-2-4-20(25(38)28-10-9-16-12-17(27)5-8-22(16)35-14-29-33-34-35)32-24(37)19-7-6-18(30-26(39)40)13-21(19)31-23(36)11-15/h2-3,5-8,12-15,20,30H,4,9-11H2,1H3,(H,28,38)(H,31,36)(H,32,37)(H,39,40). The fraction of sp³-hybridized carbons (Fsp3) is 0.269. The van der Waals surface area contributed by atoms with Crippen molar-refractivity contribution < 1.29 is 24.3 Å². The molecule has 40 heavy (non-hydrogen) atoms. The van der Waals surface area contributed by atoms with E-state index in [9.17, 15) is 19.2 Å². The number of aromatic nitrogens is 4. The zero-order chi connectivity index (χ0) is 28.6. The second-order valence-electron chi connectivity index (χ2n) is 9.18. The van der Waals surface area contributed by atoms with Crippen molar-refractivity contribution in [1.29, 1.82) is 0 Å². The maximum atomic E-state index is 13.2. The highest BCUT2D eigenvalue weighted by atomic mass is 35.5. The summed E-state index contributed by atoms with van der Waals surface area (Å²) in [5.41, 5.74) is 1.92. The van der Waals surface area contributed by atoms with Crippen molar-refractivity contribution in [2.45, 2.75) is 32.2 Å². The number of carbonyl (C=O) groups excluding carboxylic acids is 3. The van der Waals surface area contributed by atoms with Crippen molar-refractivity contribution in [2.75, 3.05) is 17.2 Å². The van der Waals surface area contributed by atoms with Crippen LogP contribution in [0.5, 0.6) is 0 Å². The summed E-state index contributed by atoms with van der Waals surface area (Å²) in [4.78, 5) is 50.0. The minimum Gasteiger partial charge on any atom is -0.465 e. The molecule has 2 unspecified atom stereocenters. The molecule has 2 atom stereocenters. The van der Waals surface area contributed by atoms with E-state index in [0.29, 0.717) is 11.4 Å². The van der Waals surface area contributed by atoms with Crippen molar-refractivity contribution >= 4 is 46.8 Å². The molecule has 0 bridgehead atoms. The molecule has 0 radical (unpaired) electrons. The summed E-state index contributed by atoms with van der Waals surface area (Å²) in [6.45, 7) is 2.10. The molecule has 0 saturated carbocycles. The molecule has 0 aliphatic carbocycles. The highest BCUT2D eigenvalue weighted by Gasteiger charge is 2.24. The molecular formula is C26H27ClN8O5. The number of hydrogen-bond acceptors (Lipinski definition) is 7. The van der Waals surface area contributed by atoms with Gasteiger partial charge in [0.1, 0.15) is 12.4 Å². The third kappa shape index (κ3) is 7.41. The van der Waals surface area contributed by atoms with E-state index in [1.54, 1.807) is 30.4 Å². The van der Waals surface area contributed by atoms with Crippen molar-refractivity contribution in [2.24, 2.45) is 5.92 Å². The molecule has 4 amide bonds. The number of nitrogens with zero attached hydrogens (tertiary/aromatic N) is 4. The number of rotatable bonds is 6. The predicted molar refractivity (Wildman–Crippen MR) is 146 cm³/mol. The fourth-order valence-electron chi connectivity index (χ4n) is 4.22. The highest BCUT2D eigenvalue weighted by molar-refractivity contribution is 6.30. The molecule has 4 rings (SSSR count). The number of carboxylic acid groups (broad SMARTS) is 1. The molecule has 3 aromatic rings. The van der Waals surface area contributed by atoms with Gasteiger partial charge in [-0.25, -0.2) is 9.48 Å². The van der Waals surface area contributed by atoms with Crippen LogP contribution in [0.25, 0.3) is 5.69 Å². The Hall–Kier alpha value is -4.78. The highest BCUT2D eigenvalue weighted by Crippen LogP contribution is 2.23. The number of halogens is 1. The predicted octanol–water partition coefficient (Wildman–Crippen LogP) is 2.79. The number of carbonyl (C=O) groups is 4. The number of tetrazole rings is 1. The molecule has 1 aliphatic heterocycles. The molecule has 1 aromatic heterocycles. The summed E-state index contributed by atoms with van der Waals surface area (Å²) >= 11 is 6.18. The first-order valence-electron chi connectivity index (χ1n) is 12.4. The van der Waals surface area contributed by atoms with Crippen LogP contribution in [0.2, 0.25) is 5.02 Å². The number of amides is 4. The SMILES string of the molecule is CC1C=CCC(C(=O)NCCc2cc(Cl)ccc2-n2cnnn2)NC(=O)c2ccc(NC(=O)O)cc2NC(=O)C1. The summed E-state index contributed by atoms with van der Waals surface area (Å²) in [6.07, 6.45) is 4.49. The van der Waals surface area contributed by atoms with Crippen LogP contribution in [0, 0.1) is 5.92 Å². The first-order valence-corrected chi connectivity index (χ1v) is 12.8. The Labute approximate surface area is 234 Å². The van der Waals surface area contributed by atoms with Gasteiger partial charge in [0, 0.05) is 23.7 Å². The molecule has 5 N–H and O–H groups in total. The molecular weight excluding hydrogens is 540 g/mol. The van der Waals surface area contributed by atoms with Crippen LogP contribution in [0.1, 0.15) is 35.7 Å². The topological polar surface area (TPSA) is 180 Å². The lowest BCUT2D eigenvalue weighted by Crippen LogP contribution is -2.47. The van der Waals surface area contributed by atoms with E-state index in [1.807, 2.05) is 6.92 Å². The lowest BCUT2D eigenvalue weighted by atomic mass is 10.0. The van der Waals surface area contributed by atoms with E-state index >= 15 is 0 Å². The first kappa shape index (κ1) is 28.2. The number of fused-ring (bicyclic) bond motifs is 1. The second kappa shape index (κ2) is 12.8. The van der Waals surface area contributed by atoms with Crippen LogP contribution in [0.3, 0.4) is 0 Å². The summed E-state index contributed by atoms with van der Waals surface area (Å²) in [5.74, 6) is -1.48. The normalized spacial score (nSPS) is 17.4. The zero-order valence-corrected chi connectivity index (χ0v) is 22.2. The second-order valence-corrected chi connectivity index (χ2v) is 9.61. The van der Waals surface area contributed by atoms with E-state index in [2.05, 4.69) is 36.8 Å². The summed E-state index contributed by atoms with van der Waals surface area (Å²) < 4.78 is 1.50. The first-order chi connectivity index (χ1) is 19.2. The molecule has 13 nitrogen and oxygen atoms in total. The van der Waals surface area contributed by atoms with Gasteiger partial charge in [0.25, 0.3) is 5.91 Å². The smallest absolute Gasteiger partial charge is 0.409 e. The average molecular weight is 567 g/mol. The molecule has 1 aliphatic rings. The van der Waals surface area contributed by atoms with Crippen LogP contribution in [0.15, 0.2) is 54.9 Å². The van der Waals surface area contributed by atoms with E-state index in [-0.39, 0.29) is 48.1 Å². The monoisotopic (exact) mass is 566 g/mol. The maximum Gasteiger partial charge on any atom is 0.409 e. The zero-order valence-electron chi connectivity index (χ0n) is 21.4. The maximum absolute atomic E-state index is 13.2. The van der Waals surface area contributed by atoms with Crippen molar-refractivity contribution in [1.82, 2.24) is 30.8 Å². The van der Waals surface area contributed by atoms with E-state index in [0.717, 1.165) is 11.3 Å². The quantitative estimate of drug-likeness (QED) is 0.282. The third-order valence-corrected chi connectivity index (χ3v) is 6.32. The number of nitrogens with one attached hydrogen (secondary N) is 4. The average Bonchev–Trinajstić information content (AvgIpc) is 3.42. The van der Waals surface area contributed by atoms with Gasteiger partial charge in [-0.3, -0.25) is 19.7 Å². The van der Waals surface area contributed by atoms with Gasteiger partial charge in [0.05, 0.1) is 16.9 Å². The third-order valence-electron chi connectivity index (χ3n) is 6.09. The van der Waals surface area contributed by atoms with E-state index in [1.165, 1.54) is 29.2 Å². The Morgan fingerprint density at radius 3 is 2.77 bits per heavy atom. The van der Waals surface area contributed by atoms with E-state index < -0.39 is 23.9 Å². The summed E-state index contributed by atoms with van der Waals surface area (Å²) in [6, 6.07) is 8.50. The van der Waals surface area contributed by atoms with Gasteiger partial charge in [-0.15, -0.1) is 5.10 Å². The van der Waals surface area contributed by atoms with Crippen molar-refractivity contribution in [3.05, 3.63) is 71.0 Å². The Kier molecular flexibility index (Phi) is 9.07. The molecule has 0 saturated heterocycles. The lowest BCUT2D eigenvalue weighted by molar-refractivity contribution is -0.123. The van der Waals surface area contributed by atoms with Gasteiger partial charge in [0.15, 0.2) is 0 Å². The summed E-state index contributed by atoms with van der Waals surface area (Å²) in [5, 5.41) is 31.2. The minimum absolute atomic E-state index is 0.0873. The Bertz CT molecular complexity index is 1440. The van der Waals surface area contributed by atoms with Gasteiger partial charge in [-0.1, -0.05) is 30.7 Å². The number of benzene rings is 2. The number of hydrogen-bond donors (Lipinski definition) is 5. The Balaban J connectivity index is 1.51. The van der Waals surface area contributed by atoms with Gasteiger partial charge in [-0.2, -0.15) is 0 Å². The largest absolute Gasteiger partial charge is 0.465 e. The van der Waals surface area contributed by atoms with Gasteiger partial charge in [0.2, 0.25) is 11.8 Å². The van der Waals surface area contributed by atoms with Crippen LogP contribution in [0.4, 0.5) is 16.2 Å². The molecule has 0 fully saturated rings. The number of allylic oxidation sites excluding steroid dienone is 1. The minimum atomic E-state index is -1.29. The Morgan fingerprint density at radius 2 is 2.02 bits per heavy atom. The molecule has 2 heterocycles. The van der Waals surface area contributed by atoms with Crippen molar-refractivity contribution in [3.63, 3.8) is 0 Å².